The van der Waals surface area contributed by atoms with Gasteiger partial charge >= 0.3 is 0 Å². The number of hydrogen-bond acceptors (Lipinski definition) is 6. The van der Waals surface area contributed by atoms with Gasteiger partial charge in [0.1, 0.15) is 23.0 Å². The molecule has 0 aliphatic heterocycles. The maximum Gasteiger partial charge on any atom is 0.274 e. The van der Waals surface area contributed by atoms with Crippen LogP contribution in [0.25, 0.3) is 10.2 Å². The third-order valence-corrected chi connectivity index (χ3v) is 3.80. The number of ether oxygens (including phenoxy) is 2. The van der Waals surface area contributed by atoms with E-state index in [4.69, 9.17) is 9.47 Å². The van der Waals surface area contributed by atoms with Gasteiger partial charge in [0.05, 0.1) is 17.4 Å². The van der Waals surface area contributed by atoms with Gasteiger partial charge in [-0.2, -0.15) is 4.98 Å². The normalized spacial score (nSPS) is 13.6. The van der Waals surface area contributed by atoms with Crippen LogP contribution in [-0.4, -0.2) is 33.5 Å². The standard InChI is InChI=1S/C16H23NO4S/c1-9(2)20-15-17-13-12(21-16(3,4)5)7-6-10(11(19)8-18)14(13)22-15/h6-7,9,11,18-19H,8H2,1-5H3. The molecule has 0 spiro atoms. The fourth-order valence-electron chi connectivity index (χ4n) is 2.01. The molecule has 1 unspecified atom stereocenters. The minimum absolute atomic E-state index is 0.0127. The van der Waals surface area contributed by atoms with Crippen molar-refractivity contribution in [1.29, 1.82) is 0 Å². The second-order valence-electron chi connectivity index (χ2n) is 6.39. The van der Waals surface area contributed by atoms with Crippen molar-refractivity contribution in [1.82, 2.24) is 4.98 Å². The van der Waals surface area contributed by atoms with E-state index in [0.29, 0.717) is 22.0 Å². The van der Waals surface area contributed by atoms with Crippen LogP contribution in [0.4, 0.5) is 0 Å². The highest BCUT2D eigenvalue weighted by molar-refractivity contribution is 7.20. The molecule has 0 aliphatic rings. The second-order valence-corrected chi connectivity index (χ2v) is 7.35. The predicted molar refractivity (Wildman–Crippen MR) is 87.8 cm³/mol. The van der Waals surface area contributed by atoms with Crippen LogP contribution >= 0.6 is 11.3 Å². The SMILES string of the molecule is CC(C)Oc1nc2c(OC(C)(C)C)ccc(C(O)CO)c2s1. The van der Waals surface area contributed by atoms with E-state index in [9.17, 15) is 10.2 Å². The minimum atomic E-state index is -0.946. The van der Waals surface area contributed by atoms with Crippen LogP contribution in [0, 0.1) is 0 Å². The van der Waals surface area contributed by atoms with E-state index in [1.54, 1.807) is 12.1 Å². The quantitative estimate of drug-likeness (QED) is 0.882. The Hall–Kier alpha value is -1.37. The average Bonchev–Trinajstić information content (AvgIpc) is 2.79. The molecular weight excluding hydrogens is 302 g/mol. The van der Waals surface area contributed by atoms with Gasteiger partial charge in [-0.3, -0.25) is 0 Å². The van der Waals surface area contributed by atoms with E-state index in [1.807, 2.05) is 34.6 Å². The average molecular weight is 325 g/mol. The zero-order valence-electron chi connectivity index (χ0n) is 13.6. The Morgan fingerprint density at radius 1 is 1.27 bits per heavy atom. The van der Waals surface area contributed by atoms with Crippen LogP contribution < -0.4 is 9.47 Å². The minimum Gasteiger partial charge on any atom is -0.486 e. The maximum absolute atomic E-state index is 9.99. The smallest absolute Gasteiger partial charge is 0.274 e. The number of rotatable bonds is 5. The van der Waals surface area contributed by atoms with Gasteiger partial charge in [0.25, 0.3) is 5.19 Å². The lowest BCUT2D eigenvalue weighted by atomic mass is 10.1. The Labute approximate surface area is 134 Å². The van der Waals surface area contributed by atoms with Crippen molar-refractivity contribution >= 4 is 21.6 Å². The molecule has 0 saturated heterocycles. The van der Waals surface area contributed by atoms with Gasteiger partial charge in [-0.1, -0.05) is 17.4 Å². The molecule has 0 bridgehead atoms. The molecule has 2 aromatic rings. The molecular formula is C16H23NO4S. The van der Waals surface area contributed by atoms with Crippen LogP contribution in [0.5, 0.6) is 10.9 Å². The lowest BCUT2D eigenvalue weighted by molar-refractivity contribution is 0.0966. The summed E-state index contributed by atoms with van der Waals surface area (Å²) in [5, 5.41) is 19.7. The van der Waals surface area contributed by atoms with Crippen LogP contribution in [0.3, 0.4) is 0 Å². The summed E-state index contributed by atoms with van der Waals surface area (Å²) < 4.78 is 12.4. The van der Waals surface area contributed by atoms with Crippen LogP contribution in [-0.2, 0) is 0 Å². The molecule has 0 amide bonds. The van der Waals surface area contributed by atoms with E-state index in [2.05, 4.69) is 4.98 Å². The van der Waals surface area contributed by atoms with Crippen molar-refractivity contribution in [2.75, 3.05) is 6.61 Å². The summed E-state index contributed by atoms with van der Waals surface area (Å²) >= 11 is 1.35. The fourth-order valence-corrected chi connectivity index (χ4v) is 3.13. The lowest BCUT2D eigenvalue weighted by Gasteiger charge is -2.22. The largest absolute Gasteiger partial charge is 0.486 e. The lowest BCUT2D eigenvalue weighted by Crippen LogP contribution is -2.23. The van der Waals surface area contributed by atoms with E-state index >= 15 is 0 Å². The van der Waals surface area contributed by atoms with E-state index in [0.717, 1.165) is 4.70 Å². The molecule has 0 saturated carbocycles. The third-order valence-electron chi connectivity index (χ3n) is 2.80. The number of aliphatic hydroxyl groups excluding tert-OH is 2. The molecule has 1 aromatic carbocycles. The van der Waals surface area contributed by atoms with Crippen molar-refractivity contribution in [2.45, 2.75) is 52.4 Å². The van der Waals surface area contributed by atoms with Gasteiger partial charge in [0, 0.05) is 5.56 Å². The first-order chi connectivity index (χ1) is 10.2. The highest BCUT2D eigenvalue weighted by Gasteiger charge is 2.21. The van der Waals surface area contributed by atoms with Gasteiger partial charge in [-0.25, -0.2) is 0 Å². The van der Waals surface area contributed by atoms with Crippen LogP contribution in [0.2, 0.25) is 0 Å². The van der Waals surface area contributed by atoms with Gasteiger partial charge in [0.2, 0.25) is 0 Å². The predicted octanol–water partition coefficient (Wildman–Crippen LogP) is 3.29. The molecule has 122 valence electrons. The summed E-state index contributed by atoms with van der Waals surface area (Å²) in [6.45, 7) is 9.42. The second kappa shape index (κ2) is 6.40. The number of benzene rings is 1. The zero-order chi connectivity index (χ0) is 16.5. The number of nitrogens with zero attached hydrogens (tertiary/aromatic N) is 1. The first-order valence-electron chi connectivity index (χ1n) is 7.29. The van der Waals surface area contributed by atoms with E-state index < -0.39 is 6.10 Å². The summed E-state index contributed by atoms with van der Waals surface area (Å²) in [5.74, 6) is 0.645. The summed E-state index contributed by atoms with van der Waals surface area (Å²) in [7, 11) is 0. The Kier molecular flexibility index (Phi) is 4.94. The molecule has 0 radical (unpaired) electrons. The zero-order valence-corrected chi connectivity index (χ0v) is 14.4. The first-order valence-corrected chi connectivity index (χ1v) is 8.11. The van der Waals surface area contributed by atoms with Gasteiger partial charge in [-0.15, -0.1) is 0 Å². The molecule has 6 heteroatoms. The third kappa shape index (κ3) is 3.88. The number of hydrogen-bond donors (Lipinski definition) is 2. The molecule has 22 heavy (non-hydrogen) atoms. The molecule has 2 N–H and O–H groups in total. The molecule has 0 aliphatic carbocycles. The van der Waals surface area contributed by atoms with Gasteiger partial charge < -0.3 is 19.7 Å². The van der Waals surface area contributed by atoms with Crippen molar-refractivity contribution in [3.63, 3.8) is 0 Å². The van der Waals surface area contributed by atoms with Crippen LogP contribution in [0.15, 0.2) is 12.1 Å². The maximum atomic E-state index is 9.99. The Morgan fingerprint density at radius 2 is 1.95 bits per heavy atom. The van der Waals surface area contributed by atoms with Crippen LogP contribution in [0.1, 0.15) is 46.3 Å². The number of aliphatic hydroxyl groups is 2. The van der Waals surface area contributed by atoms with Crippen molar-refractivity contribution < 1.29 is 19.7 Å². The molecule has 0 fully saturated rings. The number of thiazole rings is 1. The molecule has 1 atom stereocenters. The number of aromatic nitrogens is 1. The molecule has 1 aromatic heterocycles. The Morgan fingerprint density at radius 3 is 2.50 bits per heavy atom. The highest BCUT2D eigenvalue weighted by atomic mass is 32.1. The summed E-state index contributed by atoms with van der Waals surface area (Å²) in [6, 6.07) is 3.54. The topological polar surface area (TPSA) is 71.8 Å². The number of fused-ring (bicyclic) bond motifs is 1. The highest BCUT2D eigenvalue weighted by Crippen LogP contribution is 2.39. The van der Waals surface area contributed by atoms with Gasteiger partial charge in [-0.05, 0) is 40.7 Å². The van der Waals surface area contributed by atoms with Gasteiger partial charge in [0.15, 0.2) is 0 Å². The van der Waals surface area contributed by atoms with Crippen molar-refractivity contribution in [3.05, 3.63) is 17.7 Å². The summed E-state index contributed by atoms with van der Waals surface area (Å²) in [4.78, 5) is 4.49. The Balaban J connectivity index is 2.56. The Bertz CT molecular complexity index is 645. The van der Waals surface area contributed by atoms with E-state index in [1.165, 1.54) is 11.3 Å². The monoisotopic (exact) mass is 325 g/mol. The summed E-state index contributed by atoms with van der Waals surface area (Å²) in [6.07, 6.45) is -0.933. The first kappa shape index (κ1) is 17.0. The summed E-state index contributed by atoms with van der Waals surface area (Å²) in [5.41, 5.74) is 0.933. The van der Waals surface area contributed by atoms with Crippen molar-refractivity contribution in [2.24, 2.45) is 0 Å². The molecule has 1 heterocycles. The van der Waals surface area contributed by atoms with E-state index in [-0.39, 0.29) is 18.3 Å². The molecule has 2 rings (SSSR count). The van der Waals surface area contributed by atoms with Crippen molar-refractivity contribution in [3.8, 4) is 10.9 Å². The fraction of sp³-hybridized carbons (Fsp3) is 0.562. The molecule has 5 nitrogen and oxygen atoms in total.